The molecule has 2 fully saturated rings. The third kappa shape index (κ3) is 6.23. The summed E-state index contributed by atoms with van der Waals surface area (Å²) in [6.45, 7) is 12.1. The highest BCUT2D eigenvalue weighted by Gasteiger charge is 2.37. The lowest BCUT2D eigenvalue weighted by molar-refractivity contribution is -0.130. The summed E-state index contributed by atoms with van der Waals surface area (Å²) in [5.41, 5.74) is 0. The smallest absolute Gasteiger partial charge is 0.222 e. The minimum absolute atomic E-state index is 0. The quantitative estimate of drug-likeness (QED) is 0.727. The minimum atomic E-state index is 0. The fourth-order valence-electron chi connectivity index (χ4n) is 3.64. The van der Waals surface area contributed by atoms with Crippen LogP contribution in [0.1, 0.15) is 39.5 Å². The molecule has 2 rings (SSSR count). The summed E-state index contributed by atoms with van der Waals surface area (Å²) in [5.74, 6) is 1.82. The molecular formula is C16H33Cl2N3O. The summed E-state index contributed by atoms with van der Waals surface area (Å²) in [6.07, 6.45) is 4.16. The van der Waals surface area contributed by atoms with E-state index in [1.54, 1.807) is 0 Å². The maximum absolute atomic E-state index is 12.3. The number of nitrogens with one attached hydrogen (secondary N) is 1. The van der Waals surface area contributed by atoms with Gasteiger partial charge in [0.2, 0.25) is 5.91 Å². The van der Waals surface area contributed by atoms with Gasteiger partial charge in [-0.15, -0.1) is 24.8 Å². The Hall–Kier alpha value is -0.0300. The van der Waals surface area contributed by atoms with Crippen LogP contribution in [0.2, 0.25) is 0 Å². The molecule has 0 aliphatic carbocycles. The van der Waals surface area contributed by atoms with Gasteiger partial charge in [0.1, 0.15) is 0 Å². The fraction of sp³-hybridized carbons (Fsp3) is 0.938. The van der Waals surface area contributed by atoms with Crippen LogP contribution in [0.3, 0.4) is 0 Å². The van der Waals surface area contributed by atoms with Crippen LogP contribution in [0.25, 0.3) is 0 Å². The van der Waals surface area contributed by atoms with Gasteiger partial charge in [0.25, 0.3) is 0 Å². The summed E-state index contributed by atoms with van der Waals surface area (Å²) in [6, 6.07) is 0. The second-order valence-electron chi connectivity index (χ2n) is 6.42. The van der Waals surface area contributed by atoms with Gasteiger partial charge in [-0.05, 0) is 50.7 Å². The van der Waals surface area contributed by atoms with Crippen LogP contribution in [-0.2, 0) is 4.79 Å². The van der Waals surface area contributed by atoms with Crippen LogP contribution in [0, 0.1) is 11.8 Å². The highest BCUT2D eigenvalue weighted by Crippen LogP contribution is 2.26. The topological polar surface area (TPSA) is 35.6 Å². The molecule has 22 heavy (non-hydrogen) atoms. The van der Waals surface area contributed by atoms with Crippen molar-refractivity contribution in [2.24, 2.45) is 11.8 Å². The van der Waals surface area contributed by atoms with Crippen molar-refractivity contribution in [2.45, 2.75) is 39.5 Å². The van der Waals surface area contributed by atoms with Crippen molar-refractivity contribution in [1.29, 1.82) is 0 Å². The zero-order valence-electron chi connectivity index (χ0n) is 14.1. The predicted molar refractivity (Wildman–Crippen MR) is 97.2 cm³/mol. The number of hydrogen-bond donors (Lipinski definition) is 1. The summed E-state index contributed by atoms with van der Waals surface area (Å²) in [4.78, 5) is 16.9. The molecule has 0 saturated carbocycles. The number of fused-ring (bicyclic) bond motifs is 1. The van der Waals surface area contributed by atoms with Crippen LogP contribution in [-0.4, -0.2) is 61.5 Å². The number of carbonyl (C=O) groups is 1. The van der Waals surface area contributed by atoms with E-state index >= 15 is 0 Å². The second kappa shape index (κ2) is 11.5. The lowest BCUT2D eigenvalue weighted by Crippen LogP contribution is -2.33. The largest absolute Gasteiger partial charge is 0.342 e. The summed E-state index contributed by atoms with van der Waals surface area (Å²) < 4.78 is 0. The molecule has 0 aromatic heterocycles. The first-order valence-electron chi connectivity index (χ1n) is 8.45. The molecular weight excluding hydrogens is 321 g/mol. The first-order chi connectivity index (χ1) is 9.74. The Labute approximate surface area is 148 Å². The molecule has 0 bridgehead atoms. The van der Waals surface area contributed by atoms with Crippen molar-refractivity contribution in [3.8, 4) is 0 Å². The molecule has 0 unspecified atom stereocenters. The van der Waals surface area contributed by atoms with Gasteiger partial charge < -0.3 is 15.1 Å². The Morgan fingerprint density at radius 3 is 2.09 bits per heavy atom. The van der Waals surface area contributed by atoms with Crippen LogP contribution in [0.4, 0.5) is 0 Å². The standard InChI is InChI=1S/C16H31N3O.2ClH/c1-3-7-18(8-4-2)9-5-6-16(20)19-12-14-10-17-11-15(14)13-19;;/h14-15,17H,3-13H2,1-2H3;2*1H/t14-,15+;;. The first-order valence-corrected chi connectivity index (χ1v) is 8.45. The lowest BCUT2D eigenvalue weighted by Gasteiger charge is -2.22. The molecule has 1 N–H and O–H groups in total. The van der Waals surface area contributed by atoms with Gasteiger partial charge in [0.15, 0.2) is 0 Å². The number of likely N-dealkylation sites (tertiary alicyclic amines) is 1. The van der Waals surface area contributed by atoms with Crippen LogP contribution in [0.5, 0.6) is 0 Å². The van der Waals surface area contributed by atoms with Crippen LogP contribution >= 0.6 is 24.8 Å². The van der Waals surface area contributed by atoms with E-state index in [1.807, 2.05) is 0 Å². The average Bonchev–Trinajstić information content (AvgIpc) is 2.99. The number of hydrogen-bond acceptors (Lipinski definition) is 3. The number of carbonyl (C=O) groups excluding carboxylic acids is 1. The van der Waals surface area contributed by atoms with Crippen molar-refractivity contribution in [3.63, 3.8) is 0 Å². The van der Waals surface area contributed by atoms with Crippen molar-refractivity contribution >= 4 is 30.7 Å². The van der Waals surface area contributed by atoms with E-state index in [4.69, 9.17) is 0 Å². The van der Waals surface area contributed by atoms with Crippen LogP contribution in [0.15, 0.2) is 0 Å². The Balaban J connectivity index is 0.00000220. The number of halogens is 2. The van der Waals surface area contributed by atoms with Crippen molar-refractivity contribution < 1.29 is 4.79 Å². The zero-order valence-corrected chi connectivity index (χ0v) is 15.7. The van der Waals surface area contributed by atoms with E-state index in [2.05, 4.69) is 29.0 Å². The molecule has 0 aromatic rings. The number of nitrogens with zero attached hydrogens (tertiary/aromatic N) is 2. The van der Waals surface area contributed by atoms with Gasteiger partial charge in [0, 0.05) is 32.6 Å². The molecule has 1 amide bonds. The van der Waals surface area contributed by atoms with E-state index in [9.17, 15) is 4.79 Å². The summed E-state index contributed by atoms with van der Waals surface area (Å²) in [5, 5.41) is 3.43. The van der Waals surface area contributed by atoms with Crippen molar-refractivity contribution in [3.05, 3.63) is 0 Å². The van der Waals surface area contributed by atoms with Crippen molar-refractivity contribution in [1.82, 2.24) is 15.1 Å². The van der Waals surface area contributed by atoms with E-state index in [-0.39, 0.29) is 24.8 Å². The Bertz CT molecular complexity index is 300. The molecule has 0 spiro atoms. The van der Waals surface area contributed by atoms with Crippen molar-refractivity contribution in [2.75, 3.05) is 45.8 Å². The molecule has 4 nitrogen and oxygen atoms in total. The predicted octanol–water partition coefficient (Wildman–Crippen LogP) is 2.41. The van der Waals surface area contributed by atoms with Gasteiger partial charge in [-0.3, -0.25) is 4.79 Å². The third-order valence-electron chi connectivity index (χ3n) is 4.69. The lowest BCUT2D eigenvalue weighted by atomic mass is 10.0. The van der Waals surface area contributed by atoms with E-state index in [0.717, 1.165) is 57.4 Å². The fourth-order valence-corrected chi connectivity index (χ4v) is 3.64. The minimum Gasteiger partial charge on any atom is -0.342 e. The summed E-state index contributed by atoms with van der Waals surface area (Å²) >= 11 is 0. The monoisotopic (exact) mass is 353 g/mol. The van der Waals surface area contributed by atoms with Gasteiger partial charge in [-0.25, -0.2) is 0 Å². The van der Waals surface area contributed by atoms with Gasteiger partial charge in [-0.2, -0.15) is 0 Å². The molecule has 132 valence electrons. The maximum Gasteiger partial charge on any atom is 0.222 e. The Morgan fingerprint density at radius 1 is 1.05 bits per heavy atom. The SMILES string of the molecule is CCCN(CCC)CCCC(=O)N1C[C@H]2CNC[C@H]2C1.Cl.Cl. The van der Waals surface area contributed by atoms with E-state index in [1.165, 1.54) is 25.9 Å². The summed E-state index contributed by atoms with van der Waals surface area (Å²) in [7, 11) is 0. The molecule has 0 radical (unpaired) electrons. The zero-order chi connectivity index (χ0) is 14.4. The highest BCUT2D eigenvalue weighted by molar-refractivity contribution is 5.85. The number of rotatable bonds is 8. The molecule has 2 heterocycles. The normalized spacial score (nSPS) is 23.1. The van der Waals surface area contributed by atoms with Gasteiger partial charge in [0.05, 0.1) is 0 Å². The highest BCUT2D eigenvalue weighted by atomic mass is 35.5. The molecule has 2 aliphatic rings. The Morgan fingerprint density at radius 2 is 1.59 bits per heavy atom. The molecule has 2 saturated heterocycles. The van der Waals surface area contributed by atoms with Crippen LogP contribution < -0.4 is 5.32 Å². The first kappa shape index (κ1) is 22.0. The van der Waals surface area contributed by atoms with Gasteiger partial charge >= 0.3 is 0 Å². The molecule has 0 aromatic carbocycles. The second-order valence-corrected chi connectivity index (χ2v) is 6.42. The molecule has 2 aliphatic heterocycles. The maximum atomic E-state index is 12.3. The third-order valence-corrected chi connectivity index (χ3v) is 4.69. The average molecular weight is 354 g/mol. The Kier molecular flexibility index (Phi) is 11.5. The van der Waals surface area contributed by atoms with E-state index in [0.29, 0.717) is 5.91 Å². The van der Waals surface area contributed by atoms with Gasteiger partial charge in [-0.1, -0.05) is 13.8 Å². The molecule has 6 heteroatoms. The number of amides is 1. The van der Waals surface area contributed by atoms with E-state index < -0.39 is 0 Å². The molecule has 2 atom stereocenters.